The summed E-state index contributed by atoms with van der Waals surface area (Å²) in [6.45, 7) is 0.444. The fraction of sp³-hybridized carbons (Fsp3) is 0.800. The van der Waals surface area contributed by atoms with E-state index in [-0.39, 0.29) is 12.7 Å². The van der Waals surface area contributed by atoms with Crippen LogP contribution >= 0.6 is 0 Å². The monoisotopic (exact) mass is 152 g/mol. The van der Waals surface area contributed by atoms with E-state index in [1.807, 2.05) is 0 Å². The number of alkyl halides is 2. The number of hydrogen-bond donors (Lipinski definition) is 0. The molecule has 0 aliphatic carbocycles. The molecule has 0 aromatic rings. The molecule has 1 rings (SSSR count). The molecule has 1 heterocycles. The summed E-state index contributed by atoms with van der Waals surface area (Å²) in [5.74, 6) is -1.48. The van der Waals surface area contributed by atoms with Crippen LogP contribution in [-0.4, -0.2) is 31.7 Å². The highest BCUT2D eigenvalue weighted by Crippen LogP contribution is 2.09. The van der Waals surface area contributed by atoms with Gasteiger partial charge in [0.1, 0.15) is 12.7 Å². The lowest BCUT2D eigenvalue weighted by molar-refractivity contribution is -0.156. The summed E-state index contributed by atoms with van der Waals surface area (Å²) in [6.07, 6.45) is -3.18. The summed E-state index contributed by atoms with van der Waals surface area (Å²) in [5.41, 5.74) is 0. The molecule has 0 N–H and O–H groups in total. The molecule has 10 heavy (non-hydrogen) atoms. The summed E-state index contributed by atoms with van der Waals surface area (Å²) in [4.78, 5) is 10.0. The van der Waals surface area contributed by atoms with Crippen LogP contribution in [0.2, 0.25) is 0 Å². The van der Waals surface area contributed by atoms with Gasteiger partial charge in [-0.25, -0.2) is 4.79 Å². The minimum absolute atomic E-state index is 0.0524. The Hall–Kier alpha value is -0.710. The zero-order valence-corrected chi connectivity index (χ0v) is 5.05. The van der Waals surface area contributed by atoms with Gasteiger partial charge in [-0.1, -0.05) is 0 Å². The average molecular weight is 152 g/mol. The van der Waals surface area contributed by atoms with E-state index in [9.17, 15) is 13.6 Å². The molecule has 1 atom stereocenters. The Bertz CT molecular complexity index is 133. The Morgan fingerprint density at radius 3 is 2.80 bits per heavy atom. The van der Waals surface area contributed by atoms with Gasteiger partial charge in [0.05, 0.1) is 6.61 Å². The number of carbonyl (C=O) groups excluding carboxylic acids is 1. The van der Waals surface area contributed by atoms with Crippen molar-refractivity contribution >= 4 is 5.97 Å². The minimum Gasteiger partial charge on any atom is -0.459 e. The van der Waals surface area contributed by atoms with Crippen LogP contribution in [0.3, 0.4) is 0 Å². The second-order valence-electron chi connectivity index (χ2n) is 1.89. The average Bonchev–Trinajstić information content (AvgIpc) is 2.64. The van der Waals surface area contributed by atoms with Gasteiger partial charge in [-0.2, -0.15) is 8.78 Å². The van der Waals surface area contributed by atoms with Gasteiger partial charge in [-0.05, 0) is 0 Å². The van der Waals surface area contributed by atoms with Crippen LogP contribution < -0.4 is 0 Å². The van der Waals surface area contributed by atoms with Gasteiger partial charge < -0.3 is 9.47 Å². The molecule has 1 fully saturated rings. The number of ether oxygens (including phenoxy) is 2. The van der Waals surface area contributed by atoms with E-state index in [2.05, 4.69) is 9.47 Å². The lowest BCUT2D eigenvalue weighted by Crippen LogP contribution is -2.16. The lowest BCUT2D eigenvalue weighted by Gasteiger charge is -1.99. The third-order valence-corrected chi connectivity index (χ3v) is 0.992. The molecule has 3 nitrogen and oxygen atoms in total. The molecule has 0 spiro atoms. The van der Waals surface area contributed by atoms with Crippen LogP contribution in [0.4, 0.5) is 8.78 Å². The van der Waals surface area contributed by atoms with Crippen molar-refractivity contribution in [2.45, 2.75) is 12.5 Å². The van der Waals surface area contributed by atoms with Crippen molar-refractivity contribution in [3.8, 4) is 0 Å². The van der Waals surface area contributed by atoms with E-state index in [1.54, 1.807) is 0 Å². The highest BCUT2D eigenvalue weighted by atomic mass is 19.3. The van der Waals surface area contributed by atoms with Crippen LogP contribution in [0, 0.1) is 0 Å². The van der Waals surface area contributed by atoms with Gasteiger partial charge in [0.2, 0.25) is 0 Å². The van der Waals surface area contributed by atoms with Gasteiger partial charge in [0.15, 0.2) is 0 Å². The quantitative estimate of drug-likeness (QED) is 0.428. The maximum Gasteiger partial charge on any atom is 0.373 e. The molecule has 58 valence electrons. The van der Waals surface area contributed by atoms with Crippen LogP contribution in [-0.2, 0) is 14.3 Å². The fourth-order valence-corrected chi connectivity index (χ4v) is 0.402. The summed E-state index contributed by atoms with van der Waals surface area (Å²) < 4.78 is 31.5. The Morgan fingerprint density at radius 2 is 2.40 bits per heavy atom. The maximum atomic E-state index is 11.4. The van der Waals surface area contributed by atoms with Crippen molar-refractivity contribution in [3.63, 3.8) is 0 Å². The van der Waals surface area contributed by atoms with Crippen LogP contribution in [0.15, 0.2) is 0 Å². The van der Waals surface area contributed by atoms with Crippen molar-refractivity contribution < 1.29 is 23.0 Å². The maximum absolute atomic E-state index is 11.4. The van der Waals surface area contributed by atoms with Gasteiger partial charge in [-0.15, -0.1) is 0 Å². The molecule has 1 aliphatic heterocycles. The van der Waals surface area contributed by atoms with E-state index in [4.69, 9.17) is 0 Å². The molecule has 0 radical (unpaired) electrons. The fourth-order valence-electron chi connectivity index (χ4n) is 0.402. The first kappa shape index (κ1) is 7.40. The zero-order chi connectivity index (χ0) is 7.56. The third kappa shape index (κ3) is 2.26. The number of epoxide rings is 1. The van der Waals surface area contributed by atoms with E-state index < -0.39 is 12.4 Å². The van der Waals surface area contributed by atoms with Crippen molar-refractivity contribution in [1.82, 2.24) is 0 Å². The predicted molar refractivity (Wildman–Crippen MR) is 26.7 cm³/mol. The molecule has 1 aliphatic rings. The number of hydrogen-bond acceptors (Lipinski definition) is 3. The summed E-state index contributed by atoms with van der Waals surface area (Å²) in [6, 6.07) is 0. The van der Waals surface area contributed by atoms with Crippen LogP contribution in [0.1, 0.15) is 0 Å². The Balaban J connectivity index is 2.05. The second-order valence-corrected chi connectivity index (χ2v) is 1.89. The Morgan fingerprint density at radius 1 is 1.80 bits per heavy atom. The molecule has 0 bridgehead atoms. The molecule has 0 aromatic heterocycles. The van der Waals surface area contributed by atoms with Crippen LogP contribution in [0.25, 0.3) is 0 Å². The second kappa shape index (κ2) is 2.92. The zero-order valence-electron chi connectivity index (χ0n) is 5.05. The molecule has 1 saturated heterocycles. The topological polar surface area (TPSA) is 38.8 Å². The third-order valence-electron chi connectivity index (χ3n) is 0.992. The van der Waals surface area contributed by atoms with Gasteiger partial charge in [-0.3, -0.25) is 0 Å². The SMILES string of the molecule is O=C(OCC1CO1)C(F)F. The summed E-state index contributed by atoms with van der Waals surface area (Å²) >= 11 is 0. The van der Waals surface area contributed by atoms with Gasteiger partial charge >= 0.3 is 12.4 Å². The van der Waals surface area contributed by atoms with E-state index in [0.717, 1.165) is 0 Å². The Kier molecular flexibility index (Phi) is 2.16. The van der Waals surface area contributed by atoms with Gasteiger partial charge in [0, 0.05) is 0 Å². The first-order valence-electron chi connectivity index (χ1n) is 2.76. The number of esters is 1. The number of carbonyl (C=O) groups is 1. The highest BCUT2D eigenvalue weighted by Gasteiger charge is 2.26. The lowest BCUT2D eigenvalue weighted by atomic mass is 10.5. The van der Waals surface area contributed by atoms with Crippen molar-refractivity contribution in [2.24, 2.45) is 0 Å². The Labute approximate surface area is 55.9 Å². The molecular formula is C5H6F2O3. The van der Waals surface area contributed by atoms with Crippen molar-refractivity contribution in [3.05, 3.63) is 0 Å². The van der Waals surface area contributed by atoms with E-state index in [1.165, 1.54) is 0 Å². The number of rotatable bonds is 3. The van der Waals surface area contributed by atoms with E-state index >= 15 is 0 Å². The number of halogens is 2. The summed E-state index contributed by atoms with van der Waals surface area (Å²) in [5, 5.41) is 0. The first-order valence-corrected chi connectivity index (χ1v) is 2.76. The predicted octanol–water partition coefficient (Wildman–Crippen LogP) is 0.194. The minimum atomic E-state index is -3.03. The van der Waals surface area contributed by atoms with Crippen molar-refractivity contribution in [2.75, 3.05) is 13.2 Å². The molecule has 0 saturated carbocycles. The van der Waals surface area contributed by atoms with Crippen molar-refractivity contribution in [1.29, 1.82) is 0 Å². The molecule has 0 amide bonds. The molecule has 1 unspecified atom stereocenters. The molecular weight excluding hydrogens is 146 g/mol. The highest BCUT2D eigenvalue weighted by molar-refractivity contribution is 5.72. The standard InChI is InChI=1S/C5H6F2O3/c6-4(7)5(8)10-2-3-1-9-3/h3-4H,1-2H2. The van der Waals surface area contributed by atoms with Gasteiger partial charge in [0.25, 0.3) is 0 Å². The summed E-state index contributed by atoms with van der Waals surface area (Å²) in [7, 11) is 0. The molecule has 0 aromatic carbocycles. The first-order chi connectivity index (χ1) is 4.70. The normalized spacial score (nSPS) is 22.9. The largest absolute Gasteiger partial charge is 0.459 e. The van der Waals surface area contributed by atoms with Crippen LogP contribution in [0.5, 0.6) is 0 Å². The molecule has 5 heteroatoms. The van der Waals surface area contributed by atoms with E-state index in [0.29, 0.717) is 6.61 Å². The smallest absolute Gasteiger partial charge is 0.373 e.